The molecule has 0 aliphatic carbocycles. The Kier molecular flexibility index (Phi) is 7.90. The normalized spacial score (nSPS) is 20.2. The Morgan fingerprint density at radius 2 is 1.91 bits per heavy atom. The van der Waals surface area contributed by atoms with E-state index in [1.807, 2.05) is 49.3 Å². The molecule has 0 saturated carbocycles. The number of carbonyl (C=O) groups is 1. The third-order valence-electron chi connectivity index (χ3n) is 5.69. The van der Waals surface area contributed by atoms with Crippen LogP contribution in [0.2, 0.25) is 0 Å². The van der Waals surface area contributed by atoms with Crippen molar-refractivity contribution in [2.75, 3.05) is 33.9 Å². The van der Waals surface area contributed by atoms with Crippen molar-refractivity contribution in [1.82, 2.24) is 10.2 Å². The first kappa shape index (κ1) is 24.2. The fourth-order valence-electron chi connectivity index (χ4n) is 4.17. The van der Waals surface area contributed by atoms with Gasteiger partial charge in [-0.15, -0.1) is 0 Å². The van der Waals surface area contributed by atoms with E-state index in [-0.39, 0.29) is 30.2 Å². The highest BCUT2D eigenvalue weighted by atomic mass is 19.4. The molecule has 0 radical (unpaired) electrons. The molecule has 1 aliphatic rings. The summed E-state index contributed by atoms with van der Waals surface area (Å²) in [5.74, 6) is -3.99. The maximum Gasteiger partial charge on any atom is 0.394 e. The number of hydrogen-bond donors (Lipinski definition) is 1. The predicted octanol–water partition coefficient (Wildman–Crippen LogP) is 4.41. The van der Waals surface area contributed by atoms with Crippen molar-refractivity contribution in [2.24, 2.45) is 5.92 Å². The van der Waals surface area contributed by atoms with E-state index in [1.54, 1.807) is 0 Å². The van der Waals surface area contributed by atoms with Crippen LogP contribution in [-0.2, 0) is 11.2 Å². The van der Waals surface area contributed by atoms with Crippen LogP contribution < -0.4 is 5.32 Å². The van der Waals surface area contributed by atoms with E-state index in [0.717, 1.165) is 11.6 Å². The summed E-state index contributed by atoms with van der Waals surface area (Å²) < 4.78 is 59.9. The average Bonchev–Trinajstić information content (AvgIpc) is 2.73. The van der Waals surface area contributed by atoms with Crippen molar-refractivity contribution in [1.29, 1.82) is 0 Å². The number of amides is 1. The van der Waals surface area contributed by atoms with Gasteiger partial charge < -0.3 is 15.0 Å². The molecule has 2 aromatic carbocycles. The van der Waals surface area contributed by atoms with Crippen molar-refractivity contribution in [2.45, 2.75) is 31.0 Å². The number of likely N-dealkylation sites (N-methyl/N-ethyl adjacent to an activating group) is 1. The van der Waals surface area contributed by atoms with E-state index in [1.165, 1.54) is 12.1 Å². The number of alkyl halides is 3. The second kappa shape index (κ2) is 10.4. The third kappa shape index (κ3) is 6.29. The highest BCUT2D eigenvalue weighted by molar-refractivity contribution is 5.94. The topological polar surface area (TPSA) is 41.6 Å². The van der Waals surface area contributed by atoms with Crippen molar-refractivity contribution in [3.8, 4) is 0 Å². The lowest BCUT2D eigenvalue weighted by molar-refractivity contribution is -0.205. The van der Waals surface area contributed by atoms with Crippen LogP contribution in [-0.4, -0.2) is 56.9 Å². The standard InChI is InChI=1S/C24H28F4N2O2/c1-30(2)14-18(12-16-6-4-3-5-7-16)29-23(31)20-9-8-17(13-22(20)25)19-10-11-32-15-21(19)24(26,27)28/h3-9,13,18-19,21H,10-12,14-15H2,1-2H3,(H,29,31). The molecule has 0 bridgehead atoms. The number of halogens is 4. The van der Waals surface area contributed by atoms with Gasteiger partial charge in [0, 0.05) is 19.2 Å². The van der Waals surface area contributed by atoms with E-state index in [0.29, 0.717) is 13.0 Å². The van der Waals surface area contributed by atoms with Crippen LogP contribution in [0, 0.1) is 11.7 Å². The summed E-state index contributed by atoms with van der Waals surface area (Å²) in [5, 5.41) is 2.87. The lowest BCUT2D eigenvalue weighted by Crippen LogP contribution is -2.43. The molecule has 3 unspecified atom stereocenters. The molecule has 3 rings (SSSR count). The number of rotatable bonds is 7. The van der Waals surface area contributed by atoms with E-state index in [2.05, 4.69) is 5.32 Å². The summed E-state index contributed by atoms with van der Waals surface area (Å²) >= 11 is 0. The van der Waals surface area contributed by atoms with Crippen molar-refractivity contribution < 1.29 is 27.1 Å². The van der Waals surface area contributed by atoms with Gasteiger partial charge in [-0.1, -0.05) is 36.4 Å². The van der Waals surface area contributed by atoms with Gasteiger partial charge in [-0.2, -0.15) is 13.2 Å². The van der Waals surface area contributed by atoms with Gasteiger partial charge in [-0.25, -0.2) is 4.39 Å². The highest BCUT2D eigenvalue weighted by Gasteiger charge is 2.46. The summed E-state index contributed by atoms with van der Waals surface area (Å²) in [4.78, 5) is 14.7. The van der Waals surface area contributed by atoms with E-state index in [4.69, 9.17) is 4.74 Å². The molecular weight excluding hydrogens is 424 g/mol. The van der Waals surface area contributed by atoms with Crippen LogP contribution in [0.5, 0.6) is 0 Å². The van der Waals surface area contributed by atoms with E-state index < -0.39 is 36.3 Å². The molecule has 1 heterocycles. The average molecular weight is 452 g/mol. The Balaban J connectivity index is 1.76. The first-order chi connectivity index (χ1) is 15.1. The Morgan fingerprint density at radius 3 is 2.53 bits per heavy atom. The molecule has 0 spiro atoms. The molecule has 4 nitrogen and oxygen atoms in total. The molecule has 8 heteroatoms. The molecule has 1 N–H and O–H groups in total. The van der Waals surface area contributed by atoms with Crippen LogP contribution in [0.3, 0.4) is 0 Å². The zero-order chi connectivity index (χ0) is 23.3. The van der Waals surface area contributed by atoms with Gasteiger partial charge in [0.15, 0.2) is 0 Å². The van der Waals surface area contributed by atoms with Crippen molar-refractivity contribution >= 4 is 5.91 Å². The molecule has 2 aromatic rings. The largest absolute Gasteiger partial charge is 0.394 e. The van der Waals surface area contributed by atoms with Gasteiger partial charge >= 0.3 is 6.18 Å². The predicted molar refractivity (Wildman–Crippen MR) is 114 cm³/mol. The minimum absolute atomic E-state index is 0.150. The van der Waals surface area contributed by atoms with Gasteiger partial charge in [0.25, 0.3) is 5.91 Å². The minimum atomic E-state index is -4.44. The summed E-state index contributed by atoms with van der Waals surface area (Å²) in [6.07, 6.45) is -3.72. The van der Waals surface area contributed by atoms with Gasteiger partial charge in [0.1, 0.15) is 5.82 Å². The maximum atomic E-state index is 14.8. The van der Waals surface area contributed by atoms with Crippen LogP contribution >= 0.6 is 0 Å². The Bertz CT molecular complexity index is 903. The monoisotopic (exact) mass is 452 g/mol. The number of nitrogens with one attached hydrogen (secondary N) is 1. The van der Waals surface area contributed by atoms with Crippen LogP contribution in [0.15, 0.2) is 48.5 Å². The number of benzene rings is 2. The molecule has 0 aromatic heterocycles. The SMILES string of the molecule is CN(C)CC(Cc1ccccc1)NC(=O)c1ccc(C2CCOCC2C(F)(F)F)cc1F. The fourth-order valence-corrected chi connectivity index (χ4v) is 4.17. The van der Waals surface area contributed by atoms with Crippen molar-refractivity contribution in [3.63, 3.8) is 0 Å². The fraction of sp³-hybridized carbons (Fsp3) is 0.458. The lowest BCUT2D eigenvalue weighted by Gasteiger charge is -2.33. The first-order valence-corrected chi connectivity index (χ1v) is 10.6. The summed E-state index contributed by atoms with van der Waals surface area (Å²) in [6.45, 7) is 0.298. The van der Waals surface area contributed by atoms with Crippen molar-refractivity contribution in [3.05, 3.63) is 71.0 Å². The van der Waals surface area contributed by atoms with E-state index in [9.17, 15) is 22.4 Å². The number of hydrogen-bond acceptors (Lipinski definition) is 3. The molecule has 3 atom stereocenters. The minimum Gasteiger partial charge on any atom is -0.381 e. The van der Waals surface area contributed by atoms with E-state index >= 15 is 0 Å². The second-order valence-corrected chi connectivity index (χ2v) is 8.48. The first-order valence-electron chi connectivity index (χ1n) is 10.6. The number of nitrogens with zero attached hydrogens (tertiary/aromatic N) is 1. The molecular formula is C24H28F4N2O2. The Hall–Kier alpha value is -2.45. The molecule has 32 heavy (non-hydrogen) atoms. The second-order valence-electron chi connectivity index (χ2n) is 8.48. The number of carbonyl (C=O) groups excluding carboxylic acids is 1. The van der Waals surface area contributed by atoms with Gasteiger partial charge in [-0.05, 0) is 56.1 Å². The van der Waals surface area contributed by atoms with Gasteiger partial charge in [-0.3, -0.25) is 4.79 Å². The molecule has 174 valence electrons. The Morgan fingerprint density at radius 1 is 1.19 bits per heavy atom. The lowest BCUT2D eigenvalue weighted by atomic mass is 9.82. The number of ether oxygens (including phenoxy) is 1. The van der Waals surface area contributed by atoms with Crippen LogP contribution in [0.4, 0.5) is 17.6 Å². The third-order valence-corrected chi connectivity index (χ3v) is 5.69. The maximum absolute atomic E-state index is 14.8. The summed E-state index contributed by atoms with van der Waals surface area (Å²) in [7, 11) is 3.76. The van der Waals surface area contributed by atoms with Crippen LogP contribution in [0.1, 0.15) is 33.8 Å². The van der Waals surface area contributed by atoms with Gasteiger partial charge in [0.2, 0.25) is 0 Å². The zero-order valence-corrected chi connectivity index (χ0v) is 18.2. The molecule has 1 amide bonds. The molecule has 1 saturated heterocycles. The molecule has 1 aliphatic heterocycles. The highest BCUT2D eigenvalue weighted by Crippen LogP contribution is 2.42. The quantitative estimate of drug-likeness (QED) is 0.633. The van der Waals surface area contributed by atoms with Crippen LogP contribution in [0.25, 0.3) is 0 Å². The molecule has 1 fully saturated rings. The summed E-state index contributed by atoms with van der Waals surface area (Å²) in [6, 6.07) is 13.1. The Labute approximate surface area is 185 Å². The zero-order valence-electron chi connectivity index (χ0n) is 18.2. The summed E-state index contributed by atoms with van der Waals surface area (Å²) in [5.41, 5.74) is 1.09. The van der Waals surface area contributed by atoms with Gasteiger partial charge in [0.05, 0.1) is 18.1 Å². The smallest absolute Gasteiger partial charge is 0.381 e.